The molecule has 0 amide bonds. The van der Waals surface area contributed by atoms with E-state index in [1.807, 2.05) is 0 Å². The molecular weight excluding hydrogens is 292 g/mol. The Morgan fingerprint density at radius 2 is 0.792 bits per heavy atom. The summed E-state index contributed by atoms with van der Waals surface area (Å²) in [6.07, 6.45) is 14.1. The zero-order valence-electron chi connectivity index (χ0n) is 16.7. The van der Waals surface area contributed by atoms with Gasteiger partial charge >= 0.3 is 0 Å². The molecule has 0 aliphatic heterocycles. The van der Waals surface area contributed by atoms with E-state index in [0.717, 1.165) is 35.8 Å². The van der Waals surface area contributed by atoms with Crippen LogP contribution in [0, 0.1) is 23.7 Å². The molecule has 0 bridgehead atoms. The van der Waals surface area contributed by atoms with Crippen molar-refractivity contribution < 1.29 is 0 Å². The molecule has 0 saturated heterocycles. The Balaban J connectivity index is 1.62. The first-order valence-electron chi connectivity index (χ1n) is 11.1. The van der Waals surface area contributed by atoms with E-state index in [0.29, 0.717) is 12.1 Å². The van der Waals surface area contributed by atoms with Crippen LogP contribution in [-0.4, -0.2) is 24.2 Å². The van der Waals surface area contributed by atoms with Gasteiger partial charge in [0, 0.05) is 24.2 Å². The third-order valence-corrected chi connectivity index (χ3v) is 7.67. The van der Waals surface area contributed by atoms with Crippen molar-refractivity contribution in [2.45, 2.75) is 116 Å². The summed E-state index contributed by atoms with van der Waals surface area (Å²) >= 11 is 0. The molecule has 0 heterocycles. The highest BCUT2D eigenvalue weighted by molar-refractivity contribution is 4.95. The van der Waals surface area contributed by atoms with E-state index in [2.05, 4.69) is 38.3 Å². The van der Waals surface area contributed by atoms with Crippen molar-refractivity contribution in [3.05, 3.63) is 0 Å². The minimum Gasteiger partial charge on any atom is -0.309 e. The zero-order valence-corrected chi connectivity index (χ0v) is 16.7. The van der Waals surface area contributed by atoms with Crippen molar-refractivity contribution in [3.8, 4) is 0 Å². The van der Waals surface area contributed by atoms with Gasteiger partial charge in [0.05, 0.1) is 0 Å². The lowest BCUT2D eigenvalue weighted by Gasteiger charge is -2.45. The second-order valence-electron chi connectivity index (χ2n) is 9.65. The molecule has 3 rings (SSSR count). The monoisotopic (exact) mass is 334 g/mol. The van der Waals surface area contributed by atoms with E-state index < -0.39 is 0 Å². The van der Waals surface area contributed by atoms with Crippen LogP contribution in [0.25, 0.3) is 0 Å². The highest BCUT2D eigenvalue weighted by Gasteiger charge is 2.36. The van der Waals surface area contributed by atoms with Crippen LogP contribution in [0.3, 0.4) is 0 Å². The first kappa shape index (κ1) is 18.7. The van der Waals surface area contributed by atoms with E-state index in [4.69, 9.17) is 0 Å². The predicted molar refractivity (Wildman–Crippen MR) is 104 cm³/mol. The Morgan fingerprint density at radius 3 is 1.12 bits per heavy atom. The van der Waals surface area contributed by atoms with Gasteiger partial charge in [0.2, 0.25) is 0 Å². The lowest BCUT2D eigenvalue weighted by Crippen LogP contribution is -2.59. The summed E-state index contributed by atoms with van der Waals surface area (Å²) in [4.78, 5) is 0. The molecule has 3 saturated carbocycles. The van der Waals surface area contributed by atoms with Gasteiger partial charge in [-0.15, -0.1) is 0 Å². The summed E-state index contributed by atoms with van der Waals surface area (Å²) in [5.41, 5.74) is 0. The first-order chi connectivity index (χ1) is 11.6. The molecule has 2 nitrogen and oxygen atoms in total. The first-order valence-corrected chi connectivity index (χ1v) is 11.1. The summed E-state index contributed by atoms with van der Waals surface area (Å²) in [5.74, 6) is 3.40. The van der Waals surface area contributed by atoms with E-state index in [-0.39, 0.29) is 0 Å². The van der Waals surface area contributed by atoms with Crippen molar-refractivity contribution in [1.82, 2.24) is 10.6 Å². The summed E-state index contributed by atoms with van der Waals surface area (Å²) in [7, 11) is 0. The van der Waals surface area contributed by atoms with Gasteiger partial charge in [-0.05, 0) is 62.2 Å². The second-order valence-corrected chi connectivity index (χ2v) is 9.65. The molecule has 3 aliphatic rings. The molecule has 0 aromatic heterocycles. The second kappa shape index (κ2) is 8.54. The van der Waals surface area contributed by atoms with Gasteiger partial charge in [0.25, 0.3) is 0 Å². The third kappa shape index (κ3) is 4.36. The van der Waals surface area contributed by atoms with Gasteiger partial charge in [0.15, 0.2) is 0 Å². The zero-order chi connectivity index (χ0) is 17.1. The van der Waals surface area contributed by atoms with Gasteiger partial charge in [-0.1, -0.05) is 53.4 Å². The van der Waals surface area contributed by atoms with Crippen LogP contribution in [0.5, 0.6) is 0 Å². The summed E-state index contributed by atoms with van der Waals surface area (Å²) < 4.78 is 0. The van der Waals surface area contributed by atoms with Crippen LogP contribution < -0.4 is 10.6 Å². The van der Waals surface area contributed by atoms with E-state index in [1.54, 1.807) is 0 Å². The number of nitrogens with one attached hydrogen (secondary N) is 2. The fraction of sp³-hybridized carbons (Fsp3) is 1.00. The number of hydrogen-bond donors (Lipinski definition) is 2. The van der Waals surface area contributed by atoms with Crippen molar-refractivity contribution >= 4 is 0 Å². The van der Waals surface area contributed by atoms with E-state index >= 15 is 0 Å². The van der Waals surface area contributed by atoms with E-state index in [1.165, 1.54) is 64.2 Å². The molecule has 0 aromatic rings. The molecular formula is C22H42N2. The van der Waals surface area contributed by atoms with E-state index in [9.17, 15) is 0 Å². The van der Waals surface area contributed by atoms with Crippen LogP contribution in [-0.2, 0) is 0 Å². The minimum atomic E-state index is 0.702. The number of hydrogen-bond acceptors (Lipinski definition) is 2. The molecule has 0 radical (unpaired) electrons. The lowest BCUT2D eigenvalue weighted by atomic mass is 9.76. The molecule has 6 unspecified atom stereocenters. The molecule has 0 spiro atoms. The van der Waals surface area contributed by atoms with Crippen LogP contribution in [0.2, 0.25) is 0 Å². The maximum atomic E-state index is 4.16. The minimum absolute atomic E-state index is 0.702. The molecule has 24 heavy (non-hydrogen) atoms. The van der Waals surface area contributed by atoms with Gasteiger partial charge in [-0.2, -0.15) is 0 Å². The number of rotatable bonds is 4. The molecule has 0 aromatic carbocycles. The van der Waals surface area contributed by atoms with Crippen LogP contribution in [0.1, 0.15) is 91.9 Å². The summed E-state index contributed by atoms with van der Waals surface area (Å²) in [6.45, 7) is 9.90. The maximum absolute atomic E-state index is 4.16. The summed E-state index contributed by atoms with van der Waals surface area (Å²) in [5, 5.41) is 8.33. The molecule has 6 atom stereocenters. The SMILES string of the molecule is CC1CCCC(C)C1NC1CCCCC1NC1C(C)CCCC1C. The van der Waals surface area contributed by atoms with Crippen molar-refractivity contribution in [3.63, 3.8) is 0 Å². The van der Waals surface area contributed by atoms with Crippen molar-refractivity contribution in [1.29, 1.82) is 0 Å². The Hall–Kier alpha value is -0.0800. The molecule has 3 fully saturated rings. The standard InChI is InChI=1S/C22H42N2/c1-15-9-7-10-16(2)21(15)23-19-13-5-6-14-20(19)24-22-17(3)11-8-12-18(22)4/h15-24H,5-14H2,1-4H3. The molecule has 2 N–H and O–H groups in total. The van der Waals surface area contributed by atoms with Gasteiger partial charge in [0.1, 0.15) is 0 Å². The smallest absolute Gasteiger partial charge is 0.0224 e. The maximum Gasteiger partial charge on any atom is 0.0224 e. The van der Waals surface area contributed by atoms with Crippen LogP contribution in [0.4, 0.5) is 0 Å². The average molecular weight is 335 g/mol. The Kier molecular flexibility index (Phi) is 6.65. The van der Waals surface area contributed by atoms with Crippen molar-refractivity contribution in [2.75, 3.05) is 0 Å². The normalized spacial score (nSPS) is 47.5. The Labute approximate surface area is 150 Å². The molecule has 3 aliphatic carbocycles. The highest BCUT2D eigenvalue weighted by atomic mass is 15.1. The van der Waals surface area contributed by atoms with Crippen molar-refractivity contribution in [2.24, 2.45) is 23.7 Å². The lowest BCUT2D eigenvalue weighted by molar-refractivity contribution is 0.133. The average Bonchev–Trinajstić information content (AvgIpc) is 2.56. The highest BCUT2D eigenvalue weighted by Crippen LogP contribution is 2.33. The predicted octanol–water partition coefficient (Wildman–Crippen LogP) is 5.13. The molecule has 140 valence electrons. The summed E-state index contributed by atoms with van der Waals surface area (Å²) in [6, 6.07) is 2.89. The topological polar surface area (TPSA) is 24.1 Å². The van der Waals surface area contributed by atoms with Gasteiger partial charge in [-0.3, -0.25) is 0 Å². The Bertz CT molecular complexity index is 326. The Morgan fingerprint density at radius 1 is 0.458 bits per heavy atom. The third-order valence-electron chi connectivity index (χ3n) is 7.67. The largest absolute Gasteiger partial charge is 0.309 e. The van der Waals surface area contributed by atoms with Gasteiger partial charge < -0.3 is 10.6 Å². The fourth-order valence-electron chi connectivity index (χ4n) is 6.04. The van der Waals surface area contributed by atoms with Gasteiger partial charge in [-0.25, -0.2) is 0 Å². The quantitative estimate of drug-likeness (QED) is 0.745. The fourth-order valence-corrected chi connectivity index (χ4v) is 6.04. The van der Waals surface area contributed by atoms with Crippen LogP contribution >= 0.6 is 0 Å². The molecule has 2 heteroatoms. The van der Waals surface area contributed by atoms with Crippen LogP contribution in [0.15, 0.2) is 0 Å².